The zero-order valence-electron chi connectivity index (χ0n) is 17.5. The fourth-order valence-electron chi connectivity index (χ4n) is 3.30. The first-order valence-electron chi connectivity index (χ1n) is 10.2. The molecule has 2 aromatic carbocycles. The van der Waals surface area contributed by atoms with E-state index < -0.39 is 0 Å². The lowest BCUT2D eigenvalue weighted by Gasteiger charge is -2.25. The topological polar surface area (TPSA) is 45.5 Å². The Morgan fingerprint density at radius 3 is 2.45 bits per heavy atom. The van der Waals surface area contributed by atoms with Crippen LogP contribution in [0.4, 0.5) is 0 Å². The minimum absolute atomic E-state index is 0.165. The Bertz CT molecular complexity index is 915. The van der Waals surface area contributed by atoms with Crippen LogP contribution in [0, 0.1) is 6.92 Å². The van der Waals surface area contributed by atoms with Crippen LogP contribution >= 0.6 is 0 Å². The van der Waals surface area contributed by atoms with Gasteiger partial charge in [0.15, 0.2) is 5.76 Å². The van der Waals surface area contributed by atoms with Gasteiger partial charge in [0.25, 0.3) is 5.91 Å². The summed E-state index contributed by atoms with van der Waals surface area (Å²) in [5, 5.41) is 2.94. The molecular weight excluding hydrogens is 360 g/mol. The summed E-state index contributed by atoms with van der Waals surface area (Å²) >= 11 is 0. The molecule has 0 aliphatic carbocycles. The third kappa shape index (κ3) is 6.33. The molecule has 3 rings (SSSR count). The summed E-state index contributed by atoms with van der Waals surface area (Å²) in [6, 6.07) is 22.7. The van der Waals surface area contributed by atoms with Crippen molar-refractivity contribution < 1.29 is 9.21 Å². The molecule has 0 spiro atoms. The lowest BCUT2D eigenvalue weighted by Crippen LogP contribution is -2.29. The molecule has 0 radical (unpaired) electrons. The summed E-state index contributed by atoms with van der Waals surface area (Å²) in [6.07, 6.45) is 0.803. The predicted molar refractivity (Wildman–Crippen MR) is 117 cm³/mol. The van der Waals surface area contributed by atoms with Crippen molar-refractivity contribution in [3.63, 3.8) is 0 Å². The number of carbonyl (C=O) groups excluding carboxylic acids is 1. The average Bonchev–Trinajstić information content (AvgIpc) is 3.17. The van der Waals surface area contributed by atoms with E-state index in [1.54, 1.807) is 6.07 Å². The van der Waals surface area contributed by atoms with E-state index in [-0.39, 0.29) is 5.91 Å². The number of rotatable bonds is 9. The van der Waals surface area contributed by atoms with E-state index in [1.807, 2.05) is 24.3 Å². The SMILES string of the molecule is Cc1cccc(CN(Cc2ccc(C(=O)NCCc3ccccc3)o2)C(C)C)c1. The fraction of sp³-hybridized carbons (Fsp3) is 0.320. The van der Waals surface area contributed by atoms with E-state index in [4.69, 9.17) is 4.42 Å². The first-order valence-corrected chi connectivity index (χ1v) is 10.2. The van der Waals surface area contributed by atoms with Crippen molar-refractivity contribution in [2.45, 2.75) is 46.3 Å². The molecule has 152 valence electrons. The van der Waals surface area contributed by atoms with Crippen molar-refractivity contribution in [2.75, 3.05) is 6.54 Å². The highest BCUT2D eigenvalue weighted by atomic mass is 16.4. The first kappa shape index (κ1) is 20.9. The van der Waals surface area contributed by atoms with Gasteiger partial charge in [0.1, 0.15) is 5.76 Å². The number of carbonyl (C=O) groups is 1. The number of hydrogen-bond donors (Lipinski definition) is 1. The summed E-state index contributed by atoms with van der Waals surface area (Å²) in [5.41, 5.74) is 3.75. The van der Waals surface area contributed by atoms with Crippen LogP contribution in [0.15, 0.2) is 71.1 Å². The number of furan rings is 1. The molecule has 0 saturated heterocycles. The van der Waals surface area contributed by atoms with Crippen molar-refractivity contribution in [1.82, 2.24) is 10.2 Å². The number of benzene rings is 2. The van der Waals surface area contributed by atoms with Crippen molar-refractivity contribution in [1.29, 1.82) is 0 Å². The second-order valence-corrected chi connectivity index (χ2v) is 7.75. The fourth-order valence-corrected chi connectivity index (χ4v) is 3.30. The Hall–Kier alpha value is -2.85. The highest BCUT2D eigenvalue weighted by molar-refractivity contribution is 5.91. The first-order chi connectivity index (χ1) is 14.0. The van der Waals surface area contributed by atoms with Crippen LogP contribution in [0.5, 0.6) is 0 Å². The molecule has 0 bridgehead atoms. The van der Waals surface area contributed by atoms with Gasteiger partial charge < -0.3 is 9.73 Å². The van der Waals surface area contributed by atoms with Gasteiger partial charge in [-0.3, -0.25) is 9.69 Å². The molecule has 1 amide bonds. The Labute approximate surface area is 173 Å². The van der Waals surface area contributed by atoms with Gasteiger partial charge >= 0.3 is 0 Å². The van der Waals surface area contributed by atoms with E-state index in [2.05, 4.69) is 67.4 Å². The quantitative estimate of drug-likeness (QED) is 0.561. The van der Waals surface area contributed by atoms with Crippen LogP contribution in [-0.4, -0.2) is 23.4 Å². The summed E-state index contributed by atoms with van der Waals surface area (Å²) in [7, 11) is 0. The Morgan fingerprint density at radius 2 is 1.72 bits per heavy atom. The number of nitrogens with one attached hydrogen (secondary N) is 1. The van der Waals surface area contributed by atoms with Crippen molar-refractivity contribution in [2.24, 2.45) is 0 Å². The van der Waals surface area contributed by atoms with Crippen molar-refractivity contribution in [3.05, 3.63) is 94.9 Å². The van der Waals surface area contributed by atoms with E-state index in [0.717, 1.165) is 18.7 Å². The molecule has 4 heteroatoms. The molecule has 0 fully saturated rings. The van der Waals surface area contributed by atoms with E-state index in [0.29, 0.717) is 24.9 Å². The van der Waals surface area contributed by atoms with Crippen molar-refractivity contribution >= 4 is 5.91 Å². The number of hydrogen-bond acceptors (Lipinski definition) is 3. The van der Waals surface area contributed by atoms with Crippen LogP contribution < -0.4 is 5.32 Å². The number of nitrogens with zero attached hydrogens (tertiary/aromatic N) is 1. The average molecular weight is 391 g/mol. The molecule has 4 nitrogen and oxygen atoms in total. The smallest absolute Gasteiger partial charge is 0.287 e. The van der Waals surface area contributed by atoms with Crippen LogP contribution in [-0.2, 0) is 19.5 Å². The predicted octanol–water partition coefficient (Wildman–Crippen LogP) is 4.97. The molecular formula is C25H30N2O2. The molecule has 0 aliphatic heterocycles. The zero-order chi connectivity index (χ0) is 20.6. The molecule has 3 aromatic rings. The van der Waals surface area contributed by atoms with Gasteiger partial charge in [-0.1, -0.05) is 60.2 Å². The van der Waals surface area contributed by atoms with Gasteiger partial charge in [-0.25, -0.2) is 0 Å². The van der Waals surface area contributed by atoms with Gasteiger partial charge in [0, 0.05) is 19.1 Å². The normalized spacial score (nSPS) is 11.2. The Kier molecular flexibility index (Phi) is 7.25. The van der Waals surface area contributed by atoms with E-state index in [9.17, 15) is 4.79 Å². The van der Waals surface area contributed by atoms with E-state index in [1.165, 1.54) is 16.7 Å². The number of amides is 1. The Balaban J connectivity index is 1.55. The van der Waals surface area contributed by atoms with Crippen LogP contribution in [0.25, 0.3) is 0 Å². The third-order valence-electron chi connectivity index (χ3n) is 4.98. The molecule has 0 atom stereocenters. The van der Waals surface area contributed by atoms with Gasteiger partial charge in [-0.2, -0.15) is 0 Å². The minimum Gasteiger partial charge on any atom is -0.455 e. The zero-order valence-corrected chi connectivity index (χ0v) is 17.5. The minimum atomic E-state index is -0.165. The monoisotopic (exact) mass is 390 g/mol. The van der Waals surface area contributed by atoms with Gasteiger partial charge in [0.05, 0.1) is 6.54 Å². The second kappa shape index (κ2) is 10.1. The molecule has 0 unspecified atom stereocenters. The van der Waals surface area contributed by atoms with Gasteiger partial charge in [-0.05, 0) is 50.5 Å². The standard InChI is InChI=1S/C25H30N2O2/c1-19(2)27(17-22-11-7-8-20(3)16-22)18-23-12-13-24(29-23)25(28)26-15-14-21-9-5-4-6-10-21/h4-13,16,19H,14-15,17-18H2,1-3H3,(H,26,28). The molecule has 1 aromatic heterocycles. The lowest BCUT2D eigenvalue weighted by molar-refractivity contribution is 0.0921. The van der Waals surface area contributed by atoms with E-state index >= 15 is 0 Å². The second-order valence-electron chi connectivity index (χ2n) is 7.75. The van der Waals surface area contributed by atoms with Crippen LogP contribution in [0.2, 0.25) is 0 Å². The largest absolute Gasteiger partial charge is 0.455 e. The van der Waals surface area contributed by atoms with Crippen LogP contribution in [0.1, 0.15) is 46.9 Å². The summed E-state index contributed by atoms with van der Waals surface area (Å²) in [5.74, 6) is 1.01. The number of aryl methyl sites for hydroxylation is 1. The molecule has 0 aliphatic rings. The Morgan fingerprint density at radius 1 is 0.966 bits per heavy atom. The highest BCUT2D eigenvalue weighted by Gasteiger charge is 2.16. The summed E-state index contributed by atoms with van der Waals surface area (Å²) in [6.45, 7) is 8.57. The van der Waals surface area contributed by atoms with Gasteiger partial charge in [0.2, 0.25) is 0 Å². The lowest BCUT2D eigenvalue weighted by atomic mass is 10.1. The molecule has 29 heavy (non-hydrogen) atoms. The third-order valence-corrected chi connectivity index (χ3v) is 4.98. The maximum Gasteiger partial charge on any atom is 0.287 e. The maximum atomic E-state index is 12.4. The molecule has 1 heterocycles. The highest BCUT2D eigenvalue weighted by Crippen LogP contribution is 2.16. The summed E-state index contributed by atoms with van der Waals surface area (Å²) in [4.78, 5) is 14.7. The molecule has 1 N–H and O–H groups in total. The van der Waals surface area contributed by atoms with Gasteiger partial charge in [-0.15, -0.1) is 0 Å². The maximum absolute atomic E-state index is 12.4. The van der Waals surface area contributed by atoms with Crippen molar-refractivity contribution in [3.8, 4) is 0 Å². The summed E-state index contributed by atoms with van der Waals surface area (Å²) < 4.78 is 5.84. The molecule has 0 saturated carbocycles. The van der Waals surface area contributed by atoms with Crippen LogP contribution in [0.3, 0.4) is 0 Å².